The van der Waals surface area contributed by atoms with Crippen LogP contribution in [0.4, 0.5) is 0 Å². The zero-order valence-electron chi connectivity index (χ0n) is 19.5. The molecule has 2 unspecified atom stereocenters. The zero-order valence-corrected chi connectivity index (χ0v) is 19.5. The summed E-state index contributed by atoms with van der Waals surface area (Å²) in [6, 6.07) is 0. The van der Waals surface area contributed by atoms with E-state index >= 15 is 0 Å². The number of hydrogen-bond donors (Lipinski definition) is 1. The van der Waals surface area contributed by atoms with Crippen molar-refractivity contribution in [2.75, 3.05) is 6.61 Å². The Bertz CT molecular complexity index is 463. The first kappa shape index (κ1) is 28.4. The van der Waals surface area contributed by atoms with E-state index < -0.39 is 5.97 Å². The van der Waals surface area contributed by atoms with Gasteiger partial charge in [0.25, 0.3) is 0 Å². The van der Waals surface area contributed by atoms with E-state index in [-0.39, 0.29) is 24.0 Å². The van der Waals surface area contributed by atoms with Gasteiger partial charge >= 0.3 is 17.9 Å². The van der Waals surface area contributed by atoms with Gasteiger partial charge in [-0.1, -0.05) is 51.9 Å². The maximum atomic E-state index is 11.6. The number of carboxylic acid groups (broad SMARTS) is 1. The predicted molar refractivity (Wildman–Crippen MR) is 118 cm³/mol. The minimum absolute atomic E-state index is 0.0959. The molecule has 1 N–H and O–H groups in total. The van der Waals surface area contributed by atoms with Crippen LogP contribution in [0.3, 0.4) is 0 Å². The molecule has 0 aromatic rings. The average Bonchev–Trinajstić information content (AvgIpc) is 2.68. The van der Waals surface area contributed by atoms with Crippen LogP contribution in [-0.4, -0.2) is 35.7 Å². The maximum Gasteiger partial charge on any atom is 0.306 e. The molecule has 0 aromatic heterocycles. The van der Waals surface area contributed by atoms with E-state index in [0.717, 1.165) is 57.8 Å². The second-order valence-corrected chi connectivity index (χ2v) is 8.16. The van der Waals surface area contributed by atoms with Gasteiger partial charge in [-0.2, -0.15) is 0 Å². The highest BCUT2D eigenvalue weighted by atomic mass is 16.5. The maximum absolute atomic E-state index is 11.6. The van der Waals surface area contributed by atoms with Crippen LogP contribution in [0, 0.1) is 5.92 Å². The molecule has 0 spiro atoms. The summed E-state index contributed by atoms with van der Waals surface area (Å²) >= 11 is 0. The molecule has 6 nitrogen and oxygen atoms in total. The fourth-order valence-corrected chi connectivity index (χ4v) is 3.70. The molecule has 0 saturated heterocycles. The van der Waals surface area contributed by atoms with Crippen molar-refractivity contribution in [2.24, 2.45) is 5.92 Å². The van der Waals surface area contributed by atoms with E-state index in [0.29, 0.717) is 25.9 Å². The summed E-state index contributed by atoms with van der Waals surface area (Å²) in [5.74, 6) is -1.51. The molecule has 0 saturated carbocycles. The fourth-order valence-electron chi connectivity index (χ4n) is 3.70. The van der Waals surface area contributed by atoms with Gasteiger partial charge in [-0.3, -0.25) is 14.4 Å². The Labute approximate surface area is 183 Å². The van der Waals surface area contributed by atoms with Gasteiger partial charge in [0.15, 0.2) is 0 Å². The number of carbonyl (C=O) groups is 3. The van der Waals surface area contributed by atoms with Crippen LogP contribution in [0.15, 0.2) is 0 Å². The van der Waals surface area contributed by atoms with Crippen LogP contribution in [0.2, 0.25) is 0 Å². The predicted octanol–water partition coefficient (Wildman–Crippen LogP) is 6.05. The Morgan fingerprint density at radius 3 is 1.93 bits per heavy atom. The smallest absolute Gasteiger partial charge is 0.306 e. The summed E-state index contributed by atoms with van der Waals surface area (Å²) in [5, 5.41) is 9.50. The lowest BCUT2D eigenvalue weighted by atomic mass is 9.93. The van der Waals surface area contributed by atoms with Crippen LogP contribution in [0.5, 0.6) is 0 Å². The first-order valence-electron chi connectivity index (χ1n) is 12.0. The summed E-state index contributed by atoms with van der Waals surface area (Å²) in [7, 11) is 0. The SMILES string of the molecule is CCCCCCCC(CCCC(CCCCCCC(=O)OCC)C(=O)O)OC(C)=O. The van der Waals surface area contributed by atoms with Crippen molar-refractivity contribution in [1.82, 2.24) is 0 Å². The highest BCUT2D eigenvalue weighted by Gasteiger charge is 2.19. The Kier molecular flexibility index (Phi) is 18.4. The Morgan fingerprint density at radius 1 is 0.767 bits per heavy atom. The van der Waals surface area contributed by atoms with Crippen molar-refractivity contribution in [1.29, 1.82) is 0 Å². The number of unbranched alkanes of at least 4 members (excludes halogenated alkanes) is 7. The van der Waals surface area contributed by atoms with E-state index in [4.69, 9.17) is 9.47 Å². The second-order valence-electron chi connectivity index (χ2n) is 8.16. The van der Waals surface area contributed by atoms with E-state index in [1.54, 1.807) is 6.92 Å². The molecule has 0 radical (unpaired) electrons. The van der Waals surface area contributed by atoms with Gasteiger partial charge in [-0.25, -0.2) is 0 Å². The number of carbonyl (C=O) groups excluding carboxylic acids is 2. The van der Waals surface area contributed by atoms with Crippen molar-refractivity contribution in [3.05, 3.63) is 0 Å². The number of ether oxygens (including phenoxy) is 2. The molecule has 0 aliphatic carbocycles. The topological polar surface area (TPSA) is 89.9 Å². The minimum atomic E-state index is -0.745. The summed E-state index contributed by atoms with van der Waals surface area (Å²) in [6.45, 7) is 5.83. The lowest BCUT2D eigenvalue weighted by Crippen LogP contribution is -2.18. The van der Waals surface area contributed by atoms with E-state index in [1.165, 1.54) is 26.2 Å². The van der Waals surface area contributed by atoms with E-state index in [9.17, 15) is 19.5 Å². The molecule has 0 aliphatic heterocycles. The summed E-state index contributed by atoms with van der Waals surface area (Å²) in [6.07, 6.45) is 13.3. The zero-order chi connectivity index (χ0) is 22.6. The van der Waals surface area contributed by atoms with Crippen LogP contribution in [0.25, 0.3) is 0 Å². The van der Waals surface area contributed by atoms with Crippen molar-refractivity contribution in [2.45, 2.75) is 123 Å². The van der Waals surface area contributed by atoms with Crippen LogP contribution in [0.1, 0.15) is 117 Å². The highest BCUT2D eigenvalue weighted by molar-refractivity contribution is 5.70. The third kappa shape index (κ3) is 17.3. The van der Waals surface area contributed by atoms with Gasteiger partial charge in [0.2, 0.25) is 0 Å². The van der Waals surface area contributed by atoms with E-state index in [1.807, 2.05) is 0 Å². The molecule has 0 rings (SSSR count). The monoisotopic (exact) mass is 428 g/mol. The molecule has 0 aliphatic rings. The average molecular weight is 429 g/mol. The van der Waals surface area contributed by atoms with Crippen LogP contribution >= 0.6 is 0 Å². The van der Waals surface area contributed by atoms with Crippen molar-refractivity contribution >= 4 is 17.9 Å². The lowest BCUT2D eigenvalue weighted by molar-refractivity contribution is -0.148. The number of hydrogen-bond acceptors (Lipinski definition) is 5. The standard InChI is InChI=1S/C24H44O6/c1-4-6-7-8-12-17-22(30-20(3)25)18-14-16-21(24(27)28)15-11-9-10-13-19-23(26)29-5-2/h21-22H,4-19H2,1-3H3,(H,27,28). The Balaban J connectivity index is 4.09. The normalized spacial score (nSPS) is 12.9. The first-order valence-corrected chi connectivity index (χ1v) is 12.0. The summed E-state index contributed by atoms with van der Waals surface area (Å²) in [4.78, 5) is 34.2. The Hall–Kier alpha value is -1.59. The van der Waals surface area contributed by atoms with Gasteiger partial charge in [0.1, 0.15) is 6.10 Å². The van der Waals surface area contributed by atoms with E-state index in [2.05, 4.69) is 6.92 Å². The molecule has 0 bridgehead atoms. The molecule has 176 valence electrons. The number of aliphatic carboxylic acids is 1. The Morgan fingerprint density at radius 2 is 1.33 bits per heavy atom. The number of esters is 2. The second kappa shape index (κ2) is 19.4. The van der Waals surface area contributed by atoms with Crippen LogP contribution in [-0.2, 0) is 23.9 Å². The molecular formula is C24H44O6. The summed E-state index contributed by atoms with van der Waals surface area (Å²) < 4.78 is 10.3. The molecule has 2 atom stereocenters. The van der Waals surface area contributed by atoms with Crippen molar-refractivity contribution in [3.8, 4) is 0 Å². The van der Waals surface area contributed by atoms with Crippen molar-refractivity contribution < 1.29 is 29.0 Å². The minimum Gasteiger partial charge on any atom is -0.481 e. The van der Waals surface area contributed by atoms with Gasteiger partial charge in [-0.05, 0) is 51.9 Å². The third-order valence-corrected chi connectivity index (χ3v) is 5.38. The largest absolute Gasteiger partial charge is 0.481 e. The molecular weight excluding hydrogens is 384 g/mol. The van der Waals surface area contributed by atoms with Crippen LogP contribution < -0.4 is 0 Å². The van der Waals surface area contributed by atoms with Gasteiger partial charge in [0, 0.05) is 13.3 Å². The number of carboxylic acids is 1. The van der Waals surface area contributed by atoms with Gasteiger partial charge in [-0.15, -0.1) is 0 Å². The fraction of sp³-hybridized carbons (Fsp3) is 0.875. The van der Waals surface area contributed by atoms with Crippen molar-refractivity contribution in [3.63, 3.8) is 0 Å². The molecule has 0 aromatic carbocycles. The van der Waals surface area contributed by atoms with Gasteiger partial charge < -0.3 is 14.6 Å². The molecule has 6 heteroatoms. The molecule has 0 amide bonds. The number of rotatable bonds is 20. The first-order chi connectivity index (χ1) is 14.4. The highest BCUT2D eigenvalue weighted by Crippen LogP contribution is 2.21. The summed E-state index contributed by atoms with van der Waals surface area (Å²) in [5.41, 5.74) is 0. The third-order valence-electron chi connectivity index (χ3n) is 5.38. The molecule has 30 heavy (non-hydrogen) atoms. The lowest BCUT2D eigenvalue weighted by Gasteiger charge is -2.18. The van der Waals surface area contributed by atoms with Gasteiger partial charge in [0.05, 0.1) is 12.5 Å². The molecule has 0 heterocycles. The molecule has 0 fully saturated rings. The quantitative estimate of drug-likeness (QED) is 0.187.